The summed E-state index contributed by atoms with van der Waals surface area (Å²) in [6, 6.07) is 0.586. The highest BCUT2D eigenvalue weighted by molar-refractivity contribution is 4.94. The summed E-state index contributed by atoms with van der Waals surface area (Å²) in [6.45, 7) is 0. The molecule has 2 aliphatic rings. The van der Waals surface area contributed by atoms with Crippen molar-refractivity contribution >= 4 is 0 Å². The molecule has 46 valence electrons. The number of hydrogen-bond acceptors (Lipinski definition) is 1. The van der Waals surface area contributed by atoms with Crippen molar-refractivity contribution in [1.29, 1.82) is 0 Å². The van der Waals surface area contributed by atoms with Gasteiger partial charge in [0.05, 0.1) is 0 Å². The molecular weight excluding hydrogens is 98.1 g/mol. The third-order valence-corrected chi connectivity index (χ3v) is 2.61. The largest absolute Gasteiger partial charge is 0.327 e. The quantitative estimate of drug-likeness (QED) is 0.539. The molecule has 2 saturated carbocycles. The Morgan fingerprint density at radius 3 is 1.88 bits per heavy atom. The van der Waals surface area contributed by atoms with Crippen LogP contribution < -0.4 is 5.73 Å². The average Bonchev–Trinajstić information content (AvgIpc) is 2.46. The van der Waals surface area contributed by atoms with E-state index in [-0.39, 0.29) is 0 Å². The molecule has 1 nitrogen and oxygen atoms in total. The van der Waals surface area contributed by atoms with Crippen LogP contribution in [-0.2, 0) is 0 Å². The van der Waals surface area contributed by atoms with Crippen LogP contribution in [0.4, 0.5) is 0 Å². The molecule has 0 radical (unpaired) electrons. The molecule has 8 heavy (non-hydrogen) atoms. The second-order valence-corrected chi connectivity index (χ2v) is 3.24. The second kappa shape index (κ2) is 1.47. The first kappa shape index (κ1) is 4.80. The summed E-state index contributed by atoms with van der Waals surface area (Å²) in [5, 5.41) is 0. The molecule has 0 aromatic heterocycles. The summed E-state index contributed by atoms with van der Waals surface area (Å²) >= 11 is 0. The standard InChI is InChI=1S/C7H13N/c8-7-4-3-6(7)5-1-2-5/h5-7H,1-4,8H2/t6-,7-/m1/s1. The normalized spacial score (nSPS) is 46.1. The first-order valence-electron chi connectivity index (χ1n) is 3.63. The fourth-order valence-corrected chi connectivity index (χ4v) is 1.66. The predicted octanol–water partition coefficient (Wildman–Crippen LogP) is 1.13. The van der Waals surface area contributed by atoms with Crippen molar-refractivity contribution < 1.29 is 0 Å². The Balaban J connectivity index is 1.87. The molecule has 2 N–H and O–H groups in total. The SMILES string of the molecule is N[C@@H]1CC[C@@H]1C1CC1. The van der Waals surface area contributed by atoms with Crippen molar-refractivity contribution in [3.63, 3.8) is 0 Å². The molecule has 0 aliphatic heterocycles. The van der Waals surface area contributed by atoms with E-state index in [9.17, 15) is 0 Å². The maximum Gasteiger partial charge on any atom is 0.00699 e. The third-order valence-electron chi connectivity index (χ3n) is 2.61. The minimum absolute atomic E-state index is 0.586. The summed E-state index contributed by atoms with van der Waals surface area (Å²) in [7, 11) is 0. The molecule has 1 heteroatoms. The van der Waals surface area contributed by atoms with Crippen molar-refractivity contribution in [1.82, 2.24) is 0 Å². The third kappa shape index (κ3) is 0.576. The van der Waals surface area contributed by atoms with Crippen LogP contribution in [0.2, 0.25) is 0 Å². The lowest BCUT2D eigenvalue weighted by molar-refractivity contribution is 0.225. The van der Waals surface area contributed by atoms with Crippen molar-refractivity contribution in [3.8, 4) is 0 Å². The van der Waals surface area contributed by atoms with Gasteiger partial charge in [-0.1, -0.05) is 0 Å². The lowest BCUT2D eigenvalue weighted by atomic mass is 9.77. The van der Waals surface area contributed by atoms with Gasteiger partial charge in [0, 0.05) is 6.04 Å². The molecular formula is C7H13N. The van der Waals surface area contributed by atoms with Gasteiger partial charge in [-0.05, 0) is 37.5 Å². The van der Waals surface area contributed by atoms with Crippen LogP contribution in [-0.4, -0.2) is 6.04 Å². The minimum Gasteiger partial charge on any atom is -0.327 e. The van der Waals surface area contributed by atoms with Crippen molar-refractivity contribution in [2.75, 3.05) is 0 Å². The monoisotopic (exact) mass is 111 g/mol. The van der Waals surface area contributed by atoms with Crippen molar-refractivity contribution in [2.24, 2.45) is 17.6 Å². The smallest absolute Gasteiger partial charge is 0.00699 e. The molecule has 0 aromatic carbocycles. The summed E-state index contributed by atoms with van der Waals surface area (Å²) in [4.78, 5) is 0. The van der Waals surface area contributed by atoms with E-state index in [0.29, 0.717) is 6.04 Å². The van der Waals surface area contributed by atoms with E-state index in [2.05, 4.69) is 0 Å². The minimum atomic E-state index is 0.586. The molecule has 0 aromatic rings. The van der Waals surface area contributed by atoms with Crippen molar-refractivity contribution in [3.05, 3.63) is 0 Å². The van der Waals surface area contributed by atoms with Crippen LogP contribution in [0, 0.1) is 11.8 Å². The lowest BCUT2D eigenvalue weighted by Gasteiger charge is -2.33. The fourth-order valence-electron chi connectivity index (χ4n) is 1.66. The first-order valence-corrected chi connectivity index (χ1v) is 3.63. The predicted molar refractivity (Wildman–Crippen MR) is 33.4 cm³/mol. The highest BCUT2D eigenvalue weighted by atomic mass is 14.7. The lowest BCUT2D eigenvalue weighted by Crippen LogP contribution is -2.40. The Bertz CT molecular complexity index is 94.6. The van der Waals surface area contributed by atoms with E-state index in [0.717, 1.165) is 11.8 Å². The van der Waals surface area contributed by atoms with Crippen LogP contribution in [0.1, 0.15) is 25.7 Å². The fraction of sp³-hybridized carbons (Fsp3) is 1.00. The van der Waals surface area contributed by atoms with Crippen LogP contribution in [0.5, 0.6) is 0 Å². The Labute approximate surface area is 50.3 Å². The van der Waals surface area contributed by atoms with Crippen LogP contribution >= 0.6 is 0 Å². The summed E-state index contributed by atoms with van der Waals surface area (Å²) < 4.78 is 0. The zero-order valence-electron chi connectivity index (χ0n) is 5.14. The molecule has 2 fully saturated rings. The van der Waals surface area contributed by atoms with E-state index in [1.54, 1.807) is 0 Å². The Morgan fingerprint density at radius 1 is 1.00 bits per heavy atom. The van der Waals surface area contributed by atoms with Crippen molar-refractivity contribution in [2.45, 2.75) is 31.7 Å². The topological polar surface area (TPSA) is 26.0 Å². The van der Waals surface area contributed by atoms with Gasteiger partial charge in [0.2, 0.25) is 0 Å². The highest BCUT2D eigenvalue weighted by Gasteiger charge is 2.39. The van der Waals surface area contributed by atoms with E-state index < -0.39 is 0 Å². The Kier molecular flexibility index (Phi) is 0.884. The van der Waals surface area contributed by atoms with E-state index >= 15 is 0 Å². The number of nitrogens with two attached hydrogens (primary N) is 1. The molecule has 0 heterocycles. The van der Waals surface area contributed by atoms with Gasteiger partial charge in [-0.2, -0.15) is 0 Å². The summed E-state index contributed by atoms with van der Waals surface area (Å²) in [5.74, 6) is 1.99. The maximum atomic E-state index is 5.76. The van der Waals surface area contributed by atoms with Gasteiger partial charge in [0.1, 0.15) is 0 Å². The molecule has 0 spiro atoms. The Hall–Kier alpha value is -0.0400. The zero-order valence-corrected chi connectivity index (χ0v) is 5.14. The van der Waals surface area contributed by atoms with Crippen LogP contribution in [0.15, 0.2) is 0 Å². The zero-order chi connectivity index (χ0) is 5.56. The number of rotatable bonds is 1. The molecule has 2 atom stereocenters. The maximum absolute atomic E-state index is 5.76. The van der Waals surface area contributed by atoms with E-state index in [1.165, 1.54) is 25.7 Å². The molecule has 2 rings (SSSR count). The molecule has 0 amide bonds. The van der Waals surface area contributed by atoms with Crippen LogP contribution in [0.3, 0.4) is 0 Å². The van der Waals surface area contributed by atoms with Gasteiger partial charge < -0.3 is 5.73 Å². The average molecular weight is 111 g/mol. The van der Waals surface area contributed by atoms with E-state index in [4.69, 9.17) is 5.73 Å². The van der Waals surface area contributed by atoms with Gasteiger partial charge in [-0.25, -0.2) is 0 Å². The van der Waals surface area contributed by atoms with Gasteiger partial charge >= 0.3 is 0 Å². The highest BCUT2D eigenvalue weighted by Crippen LogP contribution is 2.45. The van der Waals surface area contributed by atoms with Gasteiger partial charge in [-0.15, -0.1) is 0 Å². The van der Waals surface area contributed by atoms with Gasteiger partial charge in [-0.3, -0.25) is 0 Å². The summed E-state index contributed by atoms with van der Waals surface area (Å²) in [6.07, 6.45) is 5.66. The summed E-state index contributed by atoms with van der Waals surface area (Å²) in [5.41, 5.74) is 5.76. The van der Waals surface area contributed by atoms with Gasteiger partial charge in [0.15, 0.2) is 0 Å². The molecule has 0 unspecified atom stereocenters. The second-order valence-electron chi connectivity index (χ2n) is 3.24. The first-order chi connectivity index (χ1) is 3.88. The molecule has 0 bridgehead atoms. The van der Waals surface area contributed by atoms with E-state index in [1.807, 2.05) is 0 Å². The number of hydrogen-bond donors (Lipinski definition) is 1. The van der Waals surface area contributed by atoms with Crippen LogP contribution in [0.25, 0.3) is 0 Å². The molecule has 0 saturated heterocycles. The van der Waals surface area contributed by atoms with Gasteiger partial charge in [0.25, 0.3) is 0 Å². The molecule has 2 aliphatic carbocycles. The Morgan fingerprint density at radius 2 is 1.75 bits per heavy atom.